The highest BCUT2D eigenvalue weighted by atomic mass is 35.5. The van der Waals surface area contributed by atoms with Gasteiger partial charge in [-0.2, -0.15) is 0 Å². The summed E-state index contributed by atoms with van der Waals surface area (Å²) in [5.74, 6) is -0.309. The van der Waals surface area contributed by atoms with Gasteiger partial charge in [0.1, 0.15) is 10.8 Å². The molecule has 2 N–H and O–H groups in total. The molecule has 8 nitrogen and oxygen atoms in total. The summed E-state index contributed by atoms with van der Waals surface area (Å²) in [6, 6.07) is 10.7. The molecule has 0 spiro atoms. The van der Waals surface area contributed by atoms with Crippen LogP contribution in [0.5, 0.6) is 5.75 Å². The number of ether oxygens (including phenoxy) is 1. The van der Waals surface area contributed by atoms with Crippen molar-refractivity contribution < 1.29 is 19.2 Å². The number of hydrogen-bond acceptors (Lipinski definition) is 5. The van der Waals surface area contributed by atoms with Crippen LogP contribution in [0.3, 0.4) is 0 Å². The number of carbonyl (C=O) groups is 2. The summed E-state index contributed by atoms with van der Waals surface area (Å²) < 4.78 is 5.40. The fourth-order valence-electron chi connectivity index (χ4n) is 2.30. The fraction of sp³-hybridized carbons (Fsp3) is 0.222. The molecule has 27 heavy (non-hydrogen) atoms. The number of hydrogen-bond donors (Lipinski definition) is 2. The Bertz CT molecular complexity index is 898. The molecule has 0 atom stereocenters. The summed E-state index contributed by atoms with van der Waals surface area (Å²) in [5.41, 5.74) is 0.384. The van der Waals surface area contributed by atoms with Gasteiger partial charge in [0.2, 0.25) is 0 Å². The summed E-state index contributed by atoms with van der Waals surface area (Å²) in [6.45, 7) is -0.315. The highest BCUT2D eigenvalue weighted by molar-refractivity contribution is 6.32. The Morgan fingerprint density at radius 3 is 2.70 bits per heavy atom. The maximum absolute atomic E-state index is 12.0. The van der Waals surface area contributed by atoms with Crippen LogP contribution in [0, 0.1) is 10.1 Å². The van der Waals surface area contributed by atoms with Gasteiger partial charge >= 0.3 is 0 Å². The van der Waals surface area contributed by atoms with Gasteiger partial charge in [0.05, 0.1) is 4.92 Å². The van der Waals surface area contributed by atoms with Crippen LogP contribution in [0.1, 0.15) is 23.2 Å². The highest BCUT2D eigenvalue weighted by Gasteiger charge is 2.23. The first-order valence-electron chi connectivity index (χ1n) is 8.20. The third kappa shape index (κ3) is 5.18. The number of benzene rings is 2. The molecule has 2 aromatic rings. The van der Waals surface area contributed by atoms with Gasteiger partial charge in [0.15, 0.2) is 6.61 Å². The van der Waals surface area contributed by atoms with Crippen molar-refractivity contribution in [2.24, 2.45) is 0 Å². The van der Waals surface area contributed by atoms with Gasteiger partial charge in [-0.1, -0.05) is 17.7 Å². The van der Waals surface area contributed by atoms with E-state index in [1.807, 2.05) is 0 Å². The number of nitrogens with one attached hydrogen (secondary N) is 2. The van der Waals surface area contributed by atoms with Crippen LogP contribution in [-0.2, 0) is 4.79 Å². The lowest BCUT2D eigenvalue weighted by Crippen LogP contribution is -2.25. The van der Waals surface area contributed by atoms with Crippen LogP contribution in [-0.4, -0.2) is 29.4 Å². The van der Waals surface area contributed by atoms with Gasteiger partial charge in [-0.25, -0.2) is 0 Å². The second-order valence-corrected chi connectivity index (χ2v) is 6.44. The molecule has 2 amide bonds. The number of halogens is 1. The van der Waals surface area contributed by atoms with Gasteiger partial charge in [-0.05, 0) is 43.2 Å². The van der Waals surface area contributed by atoms with Crippen molar-refractivity contribution in [3.05, 3.63) is 63.2 Å². The molecular formula is C18H16ClN3O5. The third-order valence-corrected chi connectivity index (χ3v) is 4.12. The minimum atomic E-state index is -0.632. The predicted molar refractivity (Wildman–Crippen MR) is 99.2 cm³/mol. The van der Waals surface area contributed by atoms with Crippen LogP contribution < -0.4 is 15.4 Å². The lowest BCUT2D eigenvalue weighted by molar-refractivity contribution is -0.384. The third-order valence-electron chi connectivity index (χ3n) is 3.81. The molecular weight excluding hydrogens is 374 g/mol. The molecule has 1 fully saturated rings. The molecule has 0 unspecified atom stereocenters. The molecule has 0 aromatic heterocycles. The van der Waals surface area contributed by atoms with E-state index in [1.165, 1.54) is 18.2 Å². The van der Waals surface area contributed by atoms with Crippen molar-refractivity contribution >= 4 is 34.8 Å². The number of amides is 2. The second-order valence-electron chi connectivity index (χ2n) is 6.04. The van der Waals surface area contributed by atoms with Crippen LogP contribution >= 0.6 is 11.6 Å². The van der Waals surface area contributed by atoms with E-state index in [0.717, 1.165) is 12.8 Å². The molecule has 0 bridgehead atoms. The summed E-state index contributed by atoms with van der Waals surface area (Å²) >= 11 is 5.73. The van der Waals surface area contributed by atoms with Crippen molar-refractivity contribution in [1.82, 2.24) is 5.32 Å². The number of nitrogens with zero attached hydrogens (tertiary/aromatic N) is 1. The molecule has 0 saturated heterocycles. The first-order chi connectivity index (χ1) is 12.9. The Kier molecular flexibility index (Phi) is 5.56. The highest BCUT2D eigenvalue weighted by Crippen LogP contribution is 2.27. The second kappa shape index (κ2) is 8.05. The predicted octanol–water partition coefficient (Wildman–Crippen LogP) is 3.16. The Balaban J connectivity index is 1.57. The van der Waals surface area contributed by atoms with Gasteiger partial charge < -0.3 is 15.4 Å². The van der Waals surface area contributed by atoms with Crippen LogP contribution in [0.25, 0.3) is 0 Å². The van der Waals surface area contributed by atoms with Crippen LogP contribution in [0.15, 0.2) is 42.5 Å². The van der Waals surface area contributed by atoms with E-state index >= 15 is 0 Å². The van der Waals surface area contributed by atoms with E-state index in [2.05, 4.69) is 10.6 Å². The smallest absolute Gasteiger partial charge is 0.289 e. The van der Waals surface area contributed by atoms with Gasteiger partial charge in [-0.3, -0.25) is 19.7 Å². The summed E-state index contributed by atoms with van der Waals surface area (Å²) in [7, 11) is 0. The van der Waals surface area contributed by atoms with Crippen LogP contribution in [0.4, 0.5) is 11.4 Å². The van der Waals surface area contributed by atoms with Crippen molar-refractivity contribution in [3.63, 3.8) is 0 Å². The Labute approximate surface area is 159 Å². The minimum absolute atomic E-state index is 0.0180. The number of nitro benzene ring substituents is 1. The fourth-order valence-corrected chi connectivity index (χ4v) is 2.49. The van der Waals surface area contributed by atoms with E-state index in [9.17, 15) is 19.7 Å². The molecule has 0 heterocycles. The standard InChI is InChI=1S/C18H16ClN3O5/c19-15-7-6-13(9-16(15)22(25)26)20-17(23)10-27-14-3-1-2-11(8-14)18(24)21-12-4-5-12/h1-3,6-9,12H,4-5,10H2,(H,20,23)(H,21,24). The van der Waals surface area contributed by atoms with Crippen molar-refractivity contribution in [2.45, 2.75) is 18.9 Å². The minimum Gasteiger partial charge on any atom is -0.484 e. The maximum atomic E-state index is 12.0. The maximum Gasteiger partial charge on any atom is 0.289 e. The molecule has 3 rings (SSSR count). The first-order valence-corrected chi connectivity index (χ1v) is 8.57. The molecule has 0 radical (unpaired) electrons. The summed E-state index contributed by atoms with van der Waals surface area (Å²) in [5, 5.41) is 16.2. The molecule has 1 aliphatic rings. The normalized spacial score (nSPS) is 12.9. The Hall–Kier alpha value is -3.13. The monoisotopic (exact) mass is 389 g/mol. The zero-order chi connectivity index (χ0) is 19.4. The number of carbonyl (C=O) groups excluding carboxylic acids is 2. The summed E-state index contributed by atoms with van der Waals surface area (Å²) in [4.78, 5) is 34.3. The topological polar surface area (TPSA) is 111 Å². The largest absolute Gasteiger partial charge is 0.484 e. The van der Waals surface area contributed by atoms with E-state index in [0.29, 0.717) is 11.3 Å². The Morgan fingerprint density at radius 2 is 2.00 bits per heavy atom. The molecule has 1 aliphatic carbocycles. The lowest BCUT2D eigenvalue weighted by atomic mass is 10.2. The van der Waals surface area contributed by atoms with Gasteiger partial charge in [0, 0.05) is 23.4 Å². The Morgan fingerprint density at radius 1 is 1.22 bits per heavy atom. The molecule has 1 saturated carbocycles. The van der Waals surface area contributed by atoms with Crippen LogP contribution in [0.2, 0.25) is 5.02 Å². The van der Waals surface area contributed by atoms with E-state index in [1.54, 1.807) is 24.3 Å². The zero-order valence-corrected chi connectivity index (χ0v) is 14.9. The zero-order valence-electron chi connectivity index (χ0n) is 14.1. The first kappa shape index (κ1) is 18.7. The number of anilines is 1. The van der Waals surface area contributed by atoms with Crippen molar-refractivity contribution in [3.8, 4) is 5.75 Å². The molecule has 140 valence electrons. The van der Waals surface area contributed by atoms with Gasteiger partial charge in [-0.15, -0.1) is 0 Å². The van der Waals surface area contributed by atoms with E-state index in [-0.39, 0.29) is 35.0 Å². The molecule has 2 aromatic carbocycles. The lowest BCUT2D eigenvalue weighted by Gasteiger charge is -2.09. The molecule has 9 heteroatoms. The van der Waals surface area contributed by atoms with Crippen molar-refractivity contribution in [1.29, 1.82) is 0 Å². The average Bonchev–Trinajstić information content (AvgIpc) is 3.45. The van der Waals surface area contributed by atoms with Gasteiger partial charge in [0.25, 0.3) is 17.5 Å². The summed E-state index contributed by atoms with van der Waals surface area (Å²) in [6.07, 6.45) is 1.98. The quantitative estimate of drug-likeness (QED) is 0.558. The number of rotatable bonds is 7. The SMILES string of the molecule is O=C(COc1cccc(C(=O)NC2CC2)c1)Nc1ccc(Cl)c([N+](=O)[O-])c1. The van der Waals surface area contributed by atoms with E-state index in [4.69, 9.17) is 16.3 Å². The molecule has 0 aliphatic heterocycles. The number of nitro groups is 1. The van der Waals surface area contributed by atoms with Crippen molar-refractivity contribution in [2.75, 3.05) is 11.9 Å². The van der Waals surface area contributed by atoms with E-state index < -0.39 is 10.8 Å². The average molecular weight is 390 g/mol.